The maximum Gasteiger partial charge on any atom is 0.0703 e. The Morgan fingerprint density at radius 1 is 1.06 bits per heavy atom. The minimum Gasteiger partial charge on any atom is -0.0741 e. The topological polar surface area (TPSA) is 0 Å². The summed E-state index contributed by atoms with van der Waals surface area (Å²) in [5.41, 5.74) is 0.401. The molecule has 0 aromatic heterocycles. The molecule has 0 saturated carbocycles. The van der Waals surface area contributed by atoms with Crippen LogP contribution in [0.1, 0.15) is 67.7 Å². The Kier molecular flexibility index (Phi) is 6.74. The van der Waals surface area contributed by atoms with Gasteiger partial charge in [0.2, 0.25) is 0 Å². The first kappa shape index (κ1) is 16.1. The van der Waals surface area contributed by atoms with E-state index in [2.05, 4.69) is 48.5 Å². The zero-order valence-corrected chi connectivity index (χ0v) is 12.5. The second-order valence-electron chi connectivity index (χ2n) is 6.45. The Morgan fingerprint density at radius 2 is 1.56 bits per heavy atom. The molecule has 94 valence electrons. The molecule has 0 bridgehead atoms. The van der Waals surface area contributed by atoms with Crippen LogP contribution < -0.4 is 0 Å². The Balaban J connectivity index is 4.96. The van der Waals surface area contributed by atoms with Crippen molar-refractivity contribution in [2.75, 3.05) is 0 Å². The highest BCUT2D eigenvalue weighted by Crippen LogP contribution is 2.47. The highest BCUT2D eigenvalue weighted by molar-refractivity contribution is 6.11. The third-order valence-corrected chi connectivity index (χ3v) is 4.14. The summed E-state index contributed by atoms with van der Waals surface area (Å²) >= 11 is 0. The lowest BCUT2D eigenvalue weighted by Gasteiger charge is -2.44. The van der Waals surface area contributed by atoms with Crippen molar-refractivity contribution < 1.29 is 0 Å². The fraction of sp³-hybridized carbons (Fsp3) is 1.00. The lowest BCUT2D eigenvalue weighted by Crippen LogP contribution is -2.35. The molecule has 0 amide bonds. The zero-order valence-electron chi connectivity index (χ0n) is 12.5. The predicted octanol–water partition coefficient (Wildman–Crippen LogP) is 5.09. The van der Waals surface area contributed by atoms with E-state index in [1.807, 2.05) is 0 Å². The molecule has 0 aliphatic heterocycles. The van der Waals surface area contributed by atoms with E-state index in [4.69, 9.17) is 7.85 Å². The first-order valence-corrected chi connectivity index (χ1v) is 7.04. The number of rotatable bonds is 7. The van der Waals surface area contributed by atoms with Gasteiger partial charge in [0, 0.05) is 0 Å². The highest BCUT2D eigenvalue weighted by atomic mass is 14.4. The molecule has 0 aromatic rings. The van der Waals surface area contributed by atoms with Gasteiger partial charge in [-0.25, -0.2) is 0 Å². The van der Waals surface area contributed by atoms with E-state index < -0.39 is 0 Å². The van der Waals surface area contributed by atoms with Crippen molar-refractivity contribution in [3.8, 4) is 0 Å². The van der Waals surface area contributed by atoms with Crippen molar-refractivity contribution >= 4 is 7.85 Å². The maximum atomic E-state index is 6.36. The number of hydrogen-bond acceptors (Lipinski definition) is 0. The molecular formula is C15H31B. The largest absolute Gasteiger partial charge is 0.0741 e. The monoisotopic (exact) mass is 222 g/mol. The van der Waals surface area contributed by atoms with E-state index in [0.717, 1.165) is 12.3 Å². The summed E-state index contributed by atoms with van der Waals surface area (Å²) in [6, 6.07) is 0. The molecule has 1 heteroatoms. The Hall–Kier alpha value is 0.0649. The lowest BCUT2D eigenvalue weighted by molar-refractivity contribution is 0.0910. The van der Waals surface area contributed by atoms with E-state index in [1.54, 1.807) is 0 Å². The highest BCUT2D eigenvalue weighted by Gasteiger charge is 2.37. The van der Waals surface area contributed by atoms with Crippen molar-refractivity contribution in [1.29, 1.82) is 0 Å². The molecular weight excluding hydrogens is 191 g/mol. The maximum absolute atomic E-state index is 6.36. The van der Waals surface area contributed by atoms with Crippen molar-refractivity contribution in [2.24, 2.45) is 23.2 Å². The van der Waals surface area contributed by atoms with Gasteiger partial charge in [0.05, 0.1) is 7.85 Å². The molecule has 3 atom stereocenters. The molecule has 0 aromatic carbocycles. The van der Waals surface area contributed by atoms with E-state index in [1.165, 1.54) is 12.8 Å². The summed E-state index contributed by atoms with van der Waals surface area (Å²) in [5, 5.41) is 0. The van der Waals surface area contributed by atoms with Crippen LogP contribution in [0.15, 0.2) is 0 Å². The summed E-state index contributed by atoms with van der Waals surface area (Å²) in [6.45, 7) is 16.3. The second kappa shape index (κ2) is 6.72. The van der Waals surface area contributed by atoms with Gasteiger partial charge in [0.1, 0.15) is 0 Å². The van der Waals surface area contributed by atoms with Crippen LogP contribution in [0, 0.1) is 23.2 Å². The van der Waals surface area contributed by atoms with Crippen LogP contribution in [0.25, 0.3) is 0 Å². The van der Waals surface area contributed by atoms with E-state index in [0.29, 0.717) is 23.1 Å². The van der Waals surface area contributed by atoms with Gasteiger partial charge in [-0.3, -0.25) is 0 Å². The fourth-order valence-corrected chi connectivity index (χ4v) is 3.52. The molecule has 0 heterocycles. The van der Waals surface area contributed by atoms with Crippen molar-refractivity contribution in [2.45, 2.75) is 73.5 Å². The lowest BCUT2D eigenvalue weighted by atomic mass is 9.56. The van der Waals surface area contributed by atoms with Gasteiger partial charge in [-0.05, 0) is 29.6 Å². The van der Waals surface area contributed by atoms with Gasteiger partial charge >= 0.3 is 0 Å². The summed E-state index contributed by atoms with van der Waals surface area (Å²) in [7, 11) is 6.36. The smallest absolute Gasteiger partial charge is 0.0703 e. The first-order chi connectivity index (χ1) is 7.28. The minimum absolute atomic E-state index is 0.351. The molecule has 16 heavy (non-hydrogen) atoms. The van der Waals surface area contributed by atoms with Gasteiger partial charge < -0.3 is 0 Å². The van der Waals surface area contributed by atoms with Crippen LogP contribution in [0.2, 0.25) is 5.82 Å². The molecule has 0 aliphatic rings. The molecule has 3 unspecified atom stereocenters. The van der Waals surface area contributed by atoms with Crippen LogP contribution in [0.4, 0.5) is 0 Å². The standard InChI is InChI=1S/C15H31B/c1-8-13(16)14(12(5)6)15(7,9-2)10-11(3)4/h11-14H,8-10H2,1-7H3. The van der Waals surface area contributed by atoms with Crippen LogP contribution in [0.5, 0.6) is 0 Å². The third-order valence-electron chi connectivity index (χ3n) is 4.14. The van der Waals surface area contributed by atoms with Crippen LogP contribution >= 0.6 is 0 Å². The van der Waals surface area contributed by atoms with Gasteiger partial charge in [0.15, 0.2) is 0 Å². The normalized spacial score (nSPS) is 19.8. The summed E-state index contributed by atoms with van der Waals surface area (Å²) in [6.07, 6.45) is 3.62. The number of hydrogen-bond donors (Lipinski definition) is 0. The Labute approximate surface area is 105 Å². The molecule has 0 N–H and O–H groups in total. The van der Waals surface area contributed by atoms with Gasteiger partial charge in [0.25, 0.3) is 0 Å². The minimum atomic E-state index is 0.351. The van der Waals surface area contributed by atoms with Gasteiger partial charge in [-0.2, -0.15) is 0 Å². The Bertz CT molecular complexity index is 186. The molecule has 0 spiro atoms. The molecule has 2 radical (unpaired) electrons. The van der Waals surface area contributed by atoms with Crippen molar-refractivity contribution in [3.05, 3.63) is 0 Å². The summed E-state index contributed by atoms with van der Waals surface area (Å²) < 4.78 is 0. The van der Waals surface area contributed by atoms with E-state index in [9.17, 15) is 0 Å². The summed E-state index contributed by atoms with van der Waals surface area (Å²) in [4.78, 5) is 0. The quantitative estimate of drug-likeness (QED) is 0.526. The van der Waals surface area contributed by atoms with Gasteiger partial charge in [-0.15, -0.1) is 0 Å². The zero-order chi connectivity index (χ0) is 12.9. The van der Waals surface area contributed by atoms with E-state index >= 15 is 0 Å². The van der Waals surface area contributed by atoms with Crippen LogP contribution in [-0.4, -0.2) is 7.85 Å². The third kappa shape index (κ3) is 4.15. The van der Waals surface area contributed by atoms with Gasteiger partial charge in [-0.1, -0.05) is 67.1 Å². The molecule has 0 nitrogen and oxygen atoms in total. The average molecular weight is 222 g/mol. The van der Waals surface area contributed by atoms with Crippen LogP contribution in [-0.2, 0) is 0 Å². The average Bonchev–Trinajstić information content (AvgIpc) is 2.15. The summed E-state index contributed by atoms with van der Waals surface area (Å²) in [5.74, 6) is 2.43. The fourth-order valence-electron chi connectivity index (χ4n) is 3.52. The Morgan fingerprint density at radius 3 is 1.81 bits per heavy atom. The second-order valence-corrected chi connectivity index (χ2v) is 6.45. The molecule has 0 aliphatic carbocycles. The SMILES string of the molecule is [B]C(CC)C(C(C)C)C(C)(CC)CC(C)C. The first-order valence-electron chi connectivity index (χ1n) is 7.04. The van der Waals surface area contributed by atoms with Crippen molar-refractivity contribution in [3.63, 3.8) is 0 Å². The molecule has 0 fully saturated rings. The van der Waals surface area contributed by atoms with Crippen molar-refractivity contribution in [1.82, 2.24) is 0 Å². The van der Waals surface area contributed by atoms with Crippen LogP contribution in [0.3, 0.4) is 0 Å². The predicted molar refractivity (Wildman–Crippen MR) is 76.0 cm³/mol. The molecule has 0 saturated heterocycles. The van der Waals surface area contributed by atoms with E-state index in [-0.39, 0.29) is 0 Å². The molecule has 0 rings (SSSR count).